The fourth-order valence-electron chi connectivity index (χ4n) is 2.99. The lowest BCUT2D eigenvalue weighted by atomic mass is 10.2. The highest BCUT2D eigenvalue weighted by Gasteiger charge is 2.35. The van der Waals surface area contributed by atoms with Gasteiger partial charge in [-0.3, -0.25) is 19.5 Å². The van der Waals surface area contributed by atoms with Gasteiger partial charge < -0.3 is 10.1 Å². The first kappa shape index (κ1) is 22.6. The van der Waals surface area contributed by atoms with Gasteiger partial charge in [0.15, 0.2) is 11.8 Å². The number of amidine groups is 1. The van der Waals surface area contributed by atoms with E-state index in [1.54, 1.807) is 17.0 Å². The number of amides is 2. The van der Waals surface area contributed by atoms with Crippen molar-refractivity contribution < 1.29 is 14.3 Å². The number of benzene rings is 2. The van der Waals surface area contributed by atoms with Gasteiger partial charge in [0.05, 0.1) is 4.91 Å². The van der Waals surface area contributed by atoms with E-state index < -0.39 is 0 Å². The van der Waals surface area contributed by atoms with Crippen molar-refractivity contribution in [1.82, 2.24) is 4.90 Å². The maximum atomic E-state index is 13.0. The second-order valence-electron chi connectivity index (χ2n) is 7.63. The molecule has 2 aromatic carbocycles. The van der Waals surface area contributed by atoms with Crippen molar-refractivity contribution in [3.63, 3.8) is 0 Å². The number of thioether (sulfide) groups is 1. The van der Waals surface area contributed by atoms with Crippen molar-refractivity contribution in [1.29, 1.82) is 0 Å². The smallest absolute Gasteiger partial charge is 0.266 e. The molecule has 0 bridgehead atoms. The Hall–Kier alpha value is -3.06. The maximum Gasteiger partial charge on any atom is 0.266 e. The molecule has 0 radical (unpaired) electrons. The summed E-state index contributed by atoms with van der Waals surface area (Å²) in [5.41, 5.74) is 1.45. The number of rotatable bonds is 7. The Morgan fingerprint density at radius 1 is 1.10 bits per heavy atom. The Balaban J connectivity index is 1.76. The SMILES string of the molecule is CC(C)N=C1S/C(=C/c2ccccc2OCC(=O)Nc2ccccc2)C(=O)N1C(C)C. The van der Waals surface area contributed by atoms with E-state index in [-0.39, 0.29) is 30.5 Å². The highest BCUT2D eigenvalue weighted by atomic mass is 32.2. The third-order valence-electron chi connectivity index (χ3n) is 4.34. The number of hydrogen-bond donors (Lipinski definition) is 1. The molecular weight excluding hydrogens is 410 g/mol. The quantitative estimate of drug-likeness (QED) is 0.632. The maximum absolute atomic E-state index is 13.0. The topological polar surface area (TPSA) is 71.0 Å². The van der Waals surface area contributed by atoms with E-state index in [1.807, 2.05) is 76.2 Å². The molecule has 1 aliphatic heterocycles. The second-order valence-corrected chi connectivity index (χ2v) is 8.63. The molecule has 0 aromatic heterocycles. The first-order valence-corrected chi connectivity index (χ1v) is 11.0. The van der Waals surface area contributed by atoms with Crippen LogP contribution >= 0.6 is 11.8 Å². The Morgan fingerprint density at radius 2 is 1.77 bits per heavy atom. The lowest BCUT2D eigenvalue weighted by Gasteiger charge is -2.20. The molecule has 1 aliphatic rings. The lowest BCUT2D eigenvalue weighted by molar-refractivity contribution is -0.123. The van der Waals surface area contributed by atoms with Gasteiger partial charge in [-0.25, -0.2) is 0 Å². The molecule has 2 aromatic rings. The third-order valence-corrected chi connectivity index (χ3v) is 5.34. The van der Waals surface area contributed by atoms with Gasteiger partial charge in [0, 0.05) is 23.3 Å². The van der Waals surface area contributed by atoms with Crippen molar-refractivity contribution in [2.45, 2.75) is 39.8 Å². The Labute approximate surface area is 187 Å². The highest BCUT2D eigenvalue weighted by Crippen LogP contribution is 2.35. The van der Waals surface area contributed by atoms with Gasteiger partial charge in [0.2, 0.25) is 0 Å². The summed E-state index contributed by atoms with van der Waals surface area (Å²) in [7, 11) is 0. The molecule has 7 heteroatoms. The monoisotopic (exact) mass is 437 g/mol. The Kier molecular flexibility index (Phi) is 7.52. The normalized spacial score (nSPS) is 16.6. The predicted molar refractivity (Wildman–Crippen MR) is 127 cm³/mol. The fraction of sp³-hybridized carbons (Fsp3) is 0.292. The number of ether oxygens (including phenoxy) is 1. The number of carbonyl (C=O) groups excluding carboxylic acids is 2. The molecule has 1 N–H and O–H groups in total. The van der Waals surface area contributed by atoms with Crippen LogP contribution in [0, 0.1) is 0 Å². The molecule has 1 heterocycles. The zero-order valence-electron chi connectivity index (χ0n) is 18.2. The third kappa shape index (κ3) is 5.98. The van der Waals surface area contributed by atoms with Gasteiger partial charge in [-0.2, -0.15) is 0 Å². The Bertz CT molecular complexity index is 1000. The number of nitrogens with zero attached hydrogens (tertiary/aromatic N) is 2. The van der Waals surface area contributed by atoms with E-state index in [0.29, 0.717) is 21.5 Å². The molecule has 0 unspecified atom stereocenters. The molecular formula is C24H27N3O3S. The summed E-state index contributed by atoms with van der Waals surface area (Å²) in [5.74, 6) is 0.213. The van der Waals surface area contributed by atoms with Crippen LogP contribution in [0.4, 0.5) is 5.69 Å². The number of aliphatic imine (C=N–C) groups is 1. The summed E-state index contributed by atoms with van der Waals surface area (Å²) in [6, 6.07) is 16.7. The van der Waals surface area contributed by atoms with Gasteiger partial charge in [0.25, 0.3) is 11.8 Å². The van der Waals surface area contributed by atoms with E-state index in [2.05, 4.69) is 10.3 Å². The largest absolute Gasteiger partial charge is 0.483 e. The number of nitrogens with one attached hydrogen (secondary N) is 1. The number of carbonyl (C=O) groups is 2. The Morgan fingerprint density at radius 3 is 2.45 bits per heavy atom. The summed E-state index contributed by atoms with van der Waals surface area (Å²) in [4.78, 5) is 32.1. The zero-order chi connectivity index (χ0) is 22.4. The van der Waals surface area contributed by atoms with Crippen LogP contribution in [0.5, 0.6) is 5.75 Å². The molecule has 162 valence electrons. The predicted octanol–water partition coefficient (Wildman–Crippen LogP) is 4.79. The minimum Gasteiger partial charge on any atom is -0.483 e. The molecule has 1 saturated heterocycles. The van der Waals surface area contributed by atoms with Crippen LogP contribution in [0.25, 0.3) is 6.08 Å². The molecule has 0 spiro atoms. The van der Waals surface area contributed by atoms with E-state index in [0.717, 1.165) is 5.56 Å². The molecule has 0 aliphatic carbocycles. The van der Waals surface area contributed by atoms with Gasteiger partial charge in [-0.05, 0) is 63.7 Å². The number of para-hydroxylation sites is 2. The van der Waals surface area contributed by atoms with Crippen molar-refractivity contribution in [3.8, 4) is 5.75 Å². The summed E-state index contributed by atoms with van der Waals surface area (Å²) in [5, 5.41) is 3.50. The zero-order valence-corrected chi connectivity index (χ0v) is 19.0. The molecule has 1 fully saturated rings. The van der Waals surface area contributed by atoms with Crippen LogP contribution in [0.1, 0.15) is 33.3 Å². The minimum atomic E-state index is -0.252. The highest BCUT2D eigenvalue weighted by molar-refractivity contribution is 8.18. The average Bonchev–Trinajstić information content (AvgIpc) is 3.02. The van der Waals surface area contributed by atoms with Crippen molar-refractivity contribution in [3.05, 3.63) is 65.1 Å². The van der Waals surface area contributed by atoms with E-state index >= 15 is 0 Å². The summed E-state index contributed by atoms with van der Waals surface area (Å²) < 4.78 is 5.76. The lowest BCUT2D eigenvalue weighted by Crippen LogP contribution is -2.35. The fourth-order valence-corrected chi connectivity index (χ4v) is 4.21. The minimum absolute atomic E-state index is 0.0107. The van der Waals surface area contributed by atoms with Gasteiger partial charge in [-0.15, -0.1) is 0 Å². The van der Waals surface area contributed by atoms with E-state index in [1.165, 1.54) is 11.8 Å². The number of hydrogen-bond acceptors (Lipinski definition) is 5. The number of anilines is 1. The van der Waals surface area contributed by atoms with Crippen LogP contribution in [0.2, 0.25) is 0 Å². The van der Waals surface area contributed by atoms with Crippen LogP contribution in [-0.4, -0.2) is 40.6 Å². The van der Waals surface area contributed by atoms with Crippen molar-refractivity contribution in [2.24, 2.45) is 4.99 Å². The summed E-state index contributed by atoms with van der Waals surface area (Å²) >= 11 is 1.37. The van der Waals surface area contributed by atoms with E-state index in [9.17, 15) is 9.59 Å². The molecule has 6 nitrogen and oxygen atoms in total. The van der Waals surface area contributed by atoms with Crippen LogP contribution in [-0.2, 0) is 9.59 Å². The first-order chi connectivity index (χ1) is 14.8. The molecule has 2 amide bonds. The van der Waals surface area contributed by atoms with Gasteiger partial charge in [0.1, 0.15) is 5.75 Å². The van der Waals surface area contributed by atoms with Crippen molar-refractivity contribution in [2.75, 3.05) is 11.9 Å². The molecule has 0 atom stereocenters. The van der Waals surface area contributed by atoms with Crippen LogP contribution in [0.15, 0.2) is 64.5 Å². The van der Waals surface area contributed by atoms with Crippen LogP contribution in [0.3, 0.4) is 0 Å². The first-order valence-electron chi connectivity index (χ1n) is 10.2. The molecule has 3 rings (SSSR count). The standard InChI is InChI=1S/C24H27N3O3S/c1-16(2)25-24-27(17(3)4)23(29)21(31-24)14-18-10-8-9-13-20(18)30-15-22(28)26-19-11-6-5-7-12-19/h5-14,16-17H,15H2,1-4H3,(H,26,28)/b21-14+,25-24?. The summed E-state index contributed by atoms with van der Waals surface area (Å²) in [6.45, 7) is 7.79. The molecule has 0 saturated carbocycles. The van der Waals surface area contributed by atoms with Crippen molar-refractivity contribution >= 4 is 40.5 Å². The second kappa shape index (κ2) is 10.3. The van der Waals surface area contributed by atoms with Gasteiger partial charge >= 0.3 is 0 Å². The molecule has 31 heavy (non-hydrogen) atoms. The summed E-state index contributed by atoms with van der Waals surface area (Å²) in [6.07, 6.45) is 1.80. The van der Waals surface area contributed by atoms with Gasteiger partial charge in [-0.1, -0.05) is 36.4 Å². The average molecular weight is 438 g/mol. The van der Waals surface area contributed by atoms with Crippen LogP contribution < -0.4 is 10.1 Å². The van der Waals surface area contributed by atoms with E-state index in [4.69, 9.17) is 4.74 Å².